The lowest BCUT2D eigenvalue weighted by Gasteiger charge is -2.14. The van der Waals surface area contributed by atoms with Gasteiger partial charge in [0.1, 0.15) is 4.34 Å². The fraction of sp³-hybridized carbons (Fsp3) is 0.235. The Hall–Kier alpha value is -1.76. The van der Waals surface area contributed by atoms with Gasteiger partial charge in [-0.1, -0.05) is 50.3 Å². The van der Waals surface area contributed by atoms with E-state index < -0.39 is 5.91 Å². The Kier molecular flexibility index (Phi) is 4.41. The second-order valence-corrected chi connectivity index (χ2v) is 7.40. The summed E-state index contributed by atoms with van der Waals surface area (Å²) in [5, 5.41) is 0. The van der Waals surface area contributed by atoms with Gasteiger partial charge in [-0.2, -0.15) is 0 Å². The van der Waals surface area contributed by atoms with Crippen molar-refractivity contribution in [2.75, 3.05) is 0 Å². The van der Waals surface area contributed by atoms with Crippen LogP contribution in [0.1, 0.15) is 47.1 Å². The molecule has 1 aromatic carbocycles. The van der Waals surface area contributed by atoms with Crippen LogP contribution in [0.3, 0.4) is 0 Å². The Balaban J connectivity index is 2.33. The van der Waals surface area contributed by atoms with Crippen molar-refractivity contribution in [3.8, 4) is 11.8 Å². The molecule has 0 atom stereocenters. The SMILES string of the molecule is CC(C)(C)c1cc(C#Cc2cccc(C(N)=O)c2)c(Cl)s1. The minimum absolute atomic E-state index is 0.0557. The molecule has 0 aliphatic heterocycles. The number of nitrogens with two attached hydrogens (primary N) is 1. The van der Waals surface area contributed by atoms with Crippen LogP contribution in [0.5, 0.6) is 0 Å². The van der Waals surface area contributed by atoms with Crippen molar-refractivity contribution in [3.63, 3.8) is 0 Å². The number of rotatable bonds is 1. The highest BCUT2D eigenvalue weighted by molar-refractivity contribution is 7.16. The number of thiophene rings is 1. The van der Waals surface area contributed by atoms with E-state index in [4.69, 9.17) is 17.3 Å². The van der Waals surface area contributed by atoms with Crippen LogP contribution >= 0.6 is 22.9 Å². The molecule has 0 aliphatic rings. The molecule has 0 saturated heterocycles. The lowest BCUT2D eigenvalue weighted by molar-refractivity contribution is 0.100. The molecule has 0 saturated carbocycles. The number of amides is 1. The second kappa shape index (κ2) is 5.93. The molecule has 1 heterocycles. The van der Waals surface area contributed by atoms with Crippen LogP contribution in [0.15, 0.2) is 30.3 Å². The first-order valence-corrected chi connectivity index (χ1v) is 7.68. The first-order chi connectivity index (χ1) is 9.77. The molecule has 2 N–H and O–H groups in total. The van der Waals surface area contributed by atoms with E-state index in [0.29, 0.717) is 9.90 Å². The Morgan fingerprint density at radius 1 is 1.24 bits per heavy atom. The van der Waals surface area contributed by atoms with Gasteiger partial charge in [-0.3, -0.25) is 4.79 Å². The Labute approximate surface area is 133 Å². The van der Waals surface area contributed by atoms with E-state index in [1.165, 1.54) is 4.88 Å². The number of hydrogen-bond donors (Lipinski definition) is 1. The fourth-order valence-electron chi connectivity index (χ4n) is 1.71. The molecule has 4 heteroatoms. The van der Waals surface area contributed by atoms with Crippen molar-refractivity contribution in [2.45, 2.75) is 26.2 Å². The molecule has 0 aliphatic carbocycles. The van der Waals surface area contributed by atoms with Crippen LogP contribution < -0.4 is 5.73 Å². The molecule has 21 heavy (non-hydrogen) atoms. The standard InChI is InChI=1S/C17H16ClNOS/c1-17(2,3)14-10-12(15(18)21-14)8-7-11-5-4-6-13(9-11)16(19)20/h4-6,9-10H,1-3H3,(H2,19,20). The van der Waals surface area contributed by atoms with Crippen molar-refractivity contribution in [1.29, 1.82) is 0 Å². The molecule has 0 spiro atoms. The summed E-state index contributed by atoms with van der Waals surface area (Å²) >= 11 is 7.79. The maximum Gasteiger partial charge on any atom is 0.248 e. The third-order valence-corrected chi connectivity index (χ3v) is 4.70. The zero-order valence-corrected chi connectivity index (χ0v) is 13.7. The number of carbonyl (C=O) groups excluding carboxylic acids is 1. The summed E-state index contributed by atoms with van der Waals surface area (Å²) in [6.45, 7) is 6.42. The molecule has 0 fully saturated rings. The largest absolute Gasteiger partial charge is 0.366 e. The van der Waals surface area contributed by atoms with Crippen LogP contribution in [-0.4, -0.2) is 5.91 Å². The van der Waals surface area contributed by atoms with Gasteiger partial charge in [-0.15, -0.1) is 11.3 Å². The summed E-state index contributed by atoms with van der Waals surface area (Å²) in [5.41, 5.74) is 7.32. The average molecular weight is 318 g/mol. The van der Waals surface area contributed by atoms with Crippen LogP contribution in [-0.2, 0) is 5.41 Å². The zero-order chi connectivity index (χ0) is 15.6. The minimum atomic E-state index is -0.456. The maximum atomic E-state index is 11.1. The Morgan fingerprint density at radius 3 is 2.52 bits per heavy atom. The highest BCUT2D eigenvalue weighted by atomic mass is 35.5. The van der Waals surface area contributed by atoms with Crippen LogP contribution in [0, 0.1) is 11.8 Å². The summed E-state index contributed by atoms with van der Waals surface area (Å²) in [5.74, 6) is 5.63. The quantitative estimate of drug-likeness (QED) is 0.787. The summed E-state index contributed by atoms with van der Waals surface area (Å²) in [7, 11) is 0. The summed E-state index contributed by atoms with van der Waals surface area (Å²) in [6.07, 6.45) is 0. The van der Waals surface area contributed by atoms with E-state index in [0.717, 1.165) is 11.1 Å². The second-order valence-electron chi connectivity index (χ2n) is 5.74. The predicted molar refractivity (Wildman–Crippen MR) is 89.0 cm³/mol. The summed E-state index contributed by atoms with van der Waals surface area (Å²) in [6, 6.07) is 8.98. The number of benzene rings is 1. The van der Waals surface area contributed by atoms with E-state index in [-0.39, 0.29) is 5.41 Å². The van der Waals surface area contributed by atoms with Crippen molar-refractivity contribution < 1.29 is 4.79 Å². The predicted octanol–water partition coefficient (Wildman–Crippen LogP) is 4.20. The van der Waals surface area contributed by atoms with Crippen LogP contribution in [0.25, 0.3) is 0 Å². The van der Waals surface area contributed by atoms with Crippen LogP contribution in [0.2, 0.25) is 4.34 Å². The number of carbonyl (C=O) groups is 1. The first kappa shape index (κ1) is 15.6. The molecule has 2 nitrogen and oxygen atoms in total. The molecule has 0 bridgehead atoms. The van der Waals surface area contributed by atoms with Gasteiger partial charge in [0, 0.05) is 16.0 Å². The lowest BCUT2D eigenvalue weighted by atomic mass is 9.94. The van der Waals surface area contributed by atoms with Crippen molar-refractivity contribution in [2.24, 2.45) is 5.73 Å². The topological polar surface area (TPSA) is 43.1 Å². The van der Waals surface area contributed by atoms with Gasteiger partial charge in [0.05, 0.1) is 5.56 Å². The third-order valence-electron chi connectivity index (χ3n) is 2.91. The van der Waals surface area contributed by atoms with Gasteiger partial charge < -0.3 is 5.73 Å². The van der Waals surface area contributed by atoms with Gasteiger partial charge in [0.25, 0.3) is 0 Å². The number of hydrogen-bond acceptors (Lipinski definition) is 2. The average Bonchev–Trinajstić information content (AvgIpc) is 2.78. The molecule has 108 valence electrons. The normalized spacial score (nSPS) is 10.9. The zero-order valence-electron chi connectivity index (χ0n) is 12.2. The molecular weight excluding hydrogens is 302 g/mol. The molecule has 0 radical (unpaired) electrons. The summed E-state index contributed by atoms with van der Waals surface area (Å²) in [4.78, 5) is 12.3. The first-order valence-electron chi connectivity index (χ1n) is 6.49. The van der Waals surface area contributed by atoms with Gasteiger partial charge in [-0.25, -0.2) is 0 Å². The monoisotopic (exact) mass is 317 g/mol. The van der Waals surface area contributed by atoms with Gasteiger partial charge >= 0.3 is 0 Å². The molecule has 2 rings (SSSR count). The van der Waals surface area contributed by atoms with Gasteiger partial charge in [0.2, 0.25) is 5.91 Å². The Morgan fingerprint density at radius 2 is 1.95 bits per heavy atom. The number of halogens is 1. The van der Waals surface area contributed by atoms with Gasteiger partial charge in [-0.05, 0) is 29.7 Å². The highest BCUT2D eigenvalue weighted by Gasteiger charge is 2.18. The molecular formula is C17H16ClNOS. The van der Waals surface area contributed by atoms with E-state index in [1.807, 2.05) is 12.1 Å². The van der Waals surface area contributed by atoms with Crippen molar-refractivity contribution in [3.05, 3.63) is 56.2 Å². The fourth-order valence-corrected chi connectivity index (χ4v) is 2.96. The van der Waals surface area contributed by atoms with E-state index in [1.54, 1.807) is 29.5 Å². The third kappa shape index (κ3) is 3.87. The van der Waals surface area contributed by atoms with Crippen molar-refractivity contribution >= 4 is 28.8 Å². The maximum absolute atomic E-state index is 11.1. The Bertz CT molecular complexity index is 744. The molecule has 1 amide bonds. The molecule has 0 unspecified atom stereocenters. The van der Waals surface area contributed by atoms with Crippen LogP contribution in [0.4, 0.5) is 0 Å². The van der Waals surface area contributed by atoms with E-state index in [9.17, 15) is 4.79 Å². The van der Waals surface area contributed by atoms with E-state index >= 15 is 0 Å². The number of primary amides is 1. The highest BCUT2D eigenvalue weighted by Crippen LogP contribution is 2.35. The van der Waals surface area contributed by atoms with Gasteiger partial charge in [0.15, 0.2) is 0 Å². The van der Waals surface area contributed by atoms with E-state index in [2.05, 4.69) is 32.6 Å². The van der Waals surface area contributed by atoms with Crippen molar-refractivity contribution in [1.82, 2.24) is 0 Å². The summed E-state index contributed by atoms with van der Waals surface area (Å²) < 4.78 is 0.693. The lowest BCUT2D eigenvalue weighted by Crippen LogP contribution is -2.10. The smallest absolute Gasteiger partial charge is 0.248 e. The molecule has 1 aromatic heterocycles. The molecule has 2 aromatic rings. The minimum Gasteiger partial charge on any atom is -0.366 e.